The molecule has 1 amide bonds. The van der Waals surface area contributed by atoms with Crippen molar-refractivity contribution in [1.82, 2.24) is 15.2 Å². The number of ether oxygens (including phenoxy) is 2. The Balaban J connectivity index is 1.16. The van der Waals surface area contributed by atoms with Crippen molar-refractivity contribution in [3.8, 4) is 21.4 Å². The highest BCUT2D eigenvalue weighted by Crippen LogP contribution is 2.40. The van der Waals surface area contributed by atoms with Crippen molar-refractivity contribution < 1.29 is 14.3 Å². The fourth-order valence-corrected chi connectivity index (χ4v) is 7.08. The fourth-order valence-electron chi connectivity index (χ4n) is 5.15. The van der Waals surface area contributed by atoms with E-state index in [1.54, 1.807) is 0 Å². The van der Waals surface area contributed by atoms with Crippen LogP contribution in [0.4, 0.5) is 4.79 Å². The third-order valence-electron chi connectivity index (χ3n) is 6.81. The third-order valence-corrected chi connectivity index (χ3v) is 8.83. The number of benzene rings is 1. The summed E-state index contributed by atoms with van der Waals surface area (Å²) < 4.78 is 11.3. The summed E-state index contributed by atoms with van der Waals surface area (Å²) in [6.07, 6.45) is 4.67. The second kappa shape index (κ2) is 10.1. The molecule has 5 rings (SSSR count). The predicted molar refractivity (Wildman–Crippen MR) is 137 cm³/mol. The molecular weight excluding hydrogens is 466 g/mol. The number of aryl methyl sites for hydroxylation is 1. The van der Waals surface area contributed by atoms with Crippen LogP contribution in [0.5, 0.6) is 10.8 Å². The van der Waals surface area contributed by atoms with Gasteiger partial charge in [-0.1, -0.05) is 17.4 Å². The summed E-state index contributed by atoms with van der Waals surface area (Å²) in [4.78, 5) is 21.1. The molecule has 180 valence electrons. The molecule has 6 nitrogen and oxygen atoms in total. The number of nitrogens with one attached hydrogen (secondary N) is 1. The summed E-state index contributed by atoms with van der Waals surface area (Å²) in [6.45, 7) is 2.62. The zero-order chi connectivity index (χ0) is 23.7. The Bertz CT molecular complexity index is 1130. The molecule has 1 N–H and O–H groups in total. The normalized spacial score (nSPS) is 20.6. The van der Waals surface area contributed by atoms with E-state index in [4.69, 9.17) is 9.47 Å². The number of thiophene rings is 1. The summed E-state index contributed by atoms with van der Waals surface area (Å²) in [5.74, 6) is 1.56. The van der Waals surface area contributed by atoms with Crippen molar-refractivity contribution in [2.45, 2.75) is 51.1 Å². The first kappa shape index (κ1) is 23.3. The van der Waals surface area contributed by atoms with Gasteiger partial charge in [-0.15, -0.1) is 11.3 Å². The minimum Gasteiger partial charge on any atom is -0.493 e. The van der Waals surface area contributed by atoms with Gasteiger partial charge in [0.15, 0.2) is 0 Å². The van der Waals surface area contributed by atoms with E-state index >= 15 is 0 Å². The summed E-state index contributed by atoms with van der Waals surface area (Å²) in [5.41, 5.74) is 2.98. The second-order valence-electron chi connectivity index (χ2n) is 9.38. The summed E-state index contributed by atoms with van der Waals surface area (Å²) in [6, 6.07) is 11.1. The van der Waals surface area contributed by atoms with Gasteiger partial charge in [-0.25, -0.2) is 9.78 Å². The van der Waals surface area contributed by atoms with Crippen molar-refractivity contribution >= 4 is 28.8 Å². The molecule has 3 aromatic rings. The van der Waals surface area contributed by atoms with Gasteiger partial charge in [0, 0.05) is 28.9 Å². The Morgan fingerprint density at radius 2 is 2.06 bits per heavy atom. The molecule has 34 heavy (non-hydrogen) atoms. The van der Waals surface area contributed by atoms with Gasteiger partial charge < -0.3 is 19.7 Å². The minimum atomic E-state index is -0.383. The van der Waals surface area contributed by atoms with Crippen LogP contribution in [0.2, 0.25) is 0 Å². The van der Waals surface area contributed by atoms with Gasteiger partial charge >= 0.3 is 6.09 Å². The van der Waals surface area contributed by atoms with Gasteiger partial charge in [0.1, 0.15) is 10.8 Å². The van der Waals surface area contributed by atoms with Crippen molar-refractivity contribution in [3.05, 3.63) is 51.8 Å². The highest BCUT2D eigenvalue weighted by molar-refractivity contribution is 7.17. The number of fused-ring (bicyclic) bond motifs is 1. The van der Waals surface area contributed by atoms with E-state index in [2.05, 4.69) is 52.9 Å². The molecule has 8 heteroatoms. The second-order valence-corrected chi connectivity index (χ2v) is 11.3. The zero-order valence-electron chi connectivity index (χ0n) is 19.9. The number of amides is 1. The maximum atomic E-state index is 12.7. The lowest BCUT2D eigenvalue weighted by molar-refractivity contribution is 0.153. The molecule has 0 radical (unpaired) electrons. The average molecular weight is 498 g/mol. The molecule has 1 aliphatic carbocycles. The molecule has 0 spiro atoms. The summed E-state index contributed by atoms with van der Waals surface area (Å²) >= 11 is 3.25. The van der Waals surface area contributed by atoms with Gasteiger partial charge in [-0.05, 0) is 87.8 Å². The molecular formula is C26H31N3O3S2. The van der Waals surface area contributed by atoms with E-state index < -0.39 is 0 Å². The van der Waals surface area contributed by atoms with Crippen LogP contribution in [-0.4, -0.2) is 42.7 Å². The van der Waals surface area contributed by atoms with E-state index in [-0.39, 0.29) is 12.1 Å². The number of nitrogens with zero attached hydrogens (tertiary/aromatic N) is 2. The zero-order valence-corrected chi connectivity index (χ0v) is 21.5. The summed E-state index contributed by atoms with van der Waals surface area (Å²) in [7, 11) is 4.32. The molecule has 0 saturated heterocycles. The maximum Gasteiger partial charge on any atom is 0.413 e. The molecule has 1 atom stereocenters. The maximum absolute atomic E-state index is 12.7. The Labute approximate surface area is 208 Å². The number of hydrogen-bond acceptors (Lipinski definition) is 7. The smallest absolute Gasteiger partial charge is 0.413 e. The lowest BCUT2D eigenvalue weighted by atomic mass is 9.80. The van der Waals surface area contributed by atoms with Crippen molar-refractivity contribution in [3.63, 3.8) is 0 Å². The van der Waals surface area contributed by atoms with Crippen LogP contribution in [-0.2, 0) is 6.42 Å². The minimum absolute atomic E-state index is 0.152. The largest absolute Gasteiger partial charge is 0.493 e. The molecule has 1 unspecified atom stereocenters. The first-order chi connectivity index (χ1) is 16.5. The molecule has 1 fully saturated rings. The fraction of sp³-hybridized carbons (Fsp3) is 0.462. The van der Waals surface area contributed by atoms with Gasteiger partial charge in [0.2, 0.25) is 5.06 Å². The molecule has 2 aliphatic rings. The van der Waals surface area contributed by atoms with E-state index in [1.807, 2.05) is 30.4 Å². The van der Waals surface area contributed by atoms with Gasteiger partial charge in [-0.2, -0.15) is 0 Å². The van der Waals surface area contributed by atoms with E-state index in [0.717, 1.165) is 60.7 Å². The lowest BCUT2D eigenvalue weighted by Crippen LogP contribution is -2.41. The van der Waals surface area contributed by atoms with Crippen LogP contribution in [0, 0.1) is 12.8 Å². The number of aromatic nitrogens is 1. The van der Waals surface area contributed by atoms with E-state index in [1.165, 1.54) is 21.8 Å². The standard InChI is InChI=1S/C26H31N3O3S2/c1-16-25(34-24(27-16)19-8-11-21-18(15-19)12-13-31-21)32-26(30)28-20-9-6-17(7-10-20)23(29(2)3)22-5-4-14-33-22/h4-5,8,11,14-15,17,20,23H,6-7,9-10,12-13H2,1-3H3,(H,28,30). The number of carbonyl (C=O) groups is 1. The van der Waals surface area contributed by atoms with Crippen LogP contribution in [0.15, 0.2) is 35.7 Å². The average Bonchev–Trinajstić information content (AvgIpc) is 3.56. The SMILES string of the molecule is Cc1nc(-c2ccc3c(c2)CCO3)sc1OC(=O)NC1CCC(C(c2cccs2)N(C)C)CC1. The van der Waals surface area contributed by atoms with Crippen molar-refractivity contribution in [2.24, 2.45) is 5.92 Å². The highest BCUT2D eigenvalue weighted by Gasteiger charge is 2.31. The summed E-state index contributed by atoms with van der Waals surface area (Å²) in [5, 5.41) is 6.66. The predicted octanol–water partition coefficient (Wildman–Crippen LogP) is 6.07. The number of rotatable bonds is 6. The number of thiazole rings is 1. The quantitative estimate of drug-likeness (QED) is 0.448. The molecule has 3 heterocycles. The topological polar surface area (TPSA) is 63.7 Å². The third kappa shape index (κ3) is 4.99. The lowest BCUT2D eigenvalue weighted by Gasteiger charge is -2.36. The molecule has 1 saturated carbocycles. The van der Waals surface area contributed by atoms with Crippen LogP contribution in [0.25, 0.3) is 10.6 Å². The van der Waals surface area contributed by atoms with Crippen LogP contribution in [0.3, 0.4) is 0 Å². The molecule has 1 aromatic carbocycles. The van der Waals surface area contributed by atoms with Crippen LogP contribution < -0.4 is 14.8 Å². The molecule has 0 bridgehead atoms. The van der Waals surface area contributed by atoms with Gasteiger partial charge in [0.05, 0.1) is 12.3 Å². The van der Waals surface area contributed by atoms with Crippen LogP contribution in [0.1, 0.15) is 47.9 Å². The Hall–Kier alpha value is -2.42. The van der Waals surface area contributed by atoms with E-state index in [9.17, 15) is 4.79 Å². The van der Waals surface area contributed by atoms with Crippen molar-refractivity contribution in [2.75, 3.05) is 20.7 Å². The Morgan fingerprint density at radius 3 is 2.79 bits per heavy atom. The number of hydrogen-bond donors (Lipinski definition) is 1. The van der Waals surface area contributed by atoms with Gasteiger partial charge in [-0.3, -0.25) is 0 Å². The Morgan fingerprint density at radius 1 is 1.24 bits per heavy atom. The first-order valence-electron chi connectivity index (χ1n) is 11.9. The van der Waals surface area contributed by atoms with E-state index in [0.29, 0.717) is 17.0 Å². The highest BCUT2D eigenvalue weighted by atomic mass is 32.1. The molecule has 1 aliphatic heterocycles. The van der Waals surface area contributed by atoms with Gasteiger partial charge in [0.25, 0.3) is 0 Å². The monoisotopic (exact) mass is 497 g/mol. The molecule has 2 aromatic heterocycles. The van der Waals surface area contributed by atoms with Crippen LogP contribution >= 0.6 is 22.7 Å². The van der Waals surface area contributed by atoms with Crippen molar-refractivity contribution in [1.29, 1.82) is 0 Å². The number of carbonyl (C=O) groups excluding carboxylic acids is 1. The Kier molecular flexibility index (Phi) is 6.90. The first-order valence-corrected chi connectivity index (χ1v) is 13.6.